The minimum atomic E-state index is -1.19. The van der Waals surface area contributed by atoms with Crippen molar-refractivity contribution in [2.75, 3.05) is 0 Å². The van der Waals surface area contributed by atoms with Crippen LogP contribution >= 0.6 is 15.9 Å². The van der Waals surface area contributed by atoms with Crippen molar-refractivity contribution in [2.24, 2.45) is 0 Å². The molecule has 0 bridgehead atoms. The monoisotopic (exact) mass is 338 g/mol. The summed E-state index contributed by atoms with van der Waals surface area (Å²) >= 11 is 3.21. The van der Waals surface area contributed by atoms with Gasteiger partial charge in [0.25, 0.3) is 0 Å². The Balaban J connectivity index is 1.98. The molecule has 0 radical (unpaired) electrons. The highest BCUT2D eigenvalue weighted by Gasteiger charge is 2.38. The second-order valence-electron chi connectivity index (χ2n) is 5.21. The Morgan fingerprint density at radius 2 is 1.95 bits per heavy atom. The predicted molar refractivity (Wildman–Crippen MR) is 76.4 cm³/mol. The second-order valence-corrected chi connectivity index (χ2v) is 6.13. The topological polar surface area (TPSA) is 20.2 Å². The summed E-state index contributed by atoms with van der Waals surface area (Å²) in [5.74, 6) is -0.660. The molecule has 3 rings (SSSR count). The standard InChI is InChI=1S/C16H13BrF2O/c17-11-5-4-10(15(19)8-11)9-16(20)7-6-12-13(16)2-1-3-14(12)18/h1-5,8,20H,6-7,9H2. The van der Waals surface area contributed by atoms with Gasteiger partial charge in [0.05, 0.1) is 5.60 Å². The van der Waals surface area contributed by atoms with Crippen LogP contribution in [-0.2, 0) is 18.4 Å². The van der Waals surface area contributed by atoms with Crippen molar-refractivity contribution >= 4 is 15.9 Å². The molecule has 0 saturated carbocycles. The molecule has 1 aliphatic rings. The summed E-state index contributed by atoms with van der Waals surface area (Å²) in [6.07, 6.45) is 1.05. The van der Waals surface area contributed by atoms with E-state index in [2.05, 4.69) is 15.9 Å². The van der Waals surface area contributed by atoms with Crippen molar-refractivity contribution in [2.45, 2.75) is 24.9 Å². The van der Waals surface area contributed by atoms with Crippen LogP contribution in [0.25, 0.3) is 0 Å². The number of benzene rings is 2. The minimum absolute atomic E-state index is 0.155. The van der Waals surface area contributed by atoms with E-state index in [4.69, 9.17) is 0 Å². The van der Waals surface area contributed by atoms with E-state index in [1.807, 2.05) is 0 Å². The fourth-order valence-electron chi connectivity index (χ4n) is 2.88. The van der Waals surface area contributed by atoms with Gasteiger partial charge in [-0.2, -0.15) is 0 Å². The Bertz CT molecular complexity index is 672. The van der Waals surface area contributed by atoms with Crippen LogP contribution < -0.4 is 0 Å². The molecular weight excluding hydrogens is 326 g/mol. The molecule has 1 N–H and O–H groups in total. The van der Waals surface area contributed by atoms with Crippen molar-refractivity contribution in [3.8, 4) is 0 Å². The molecule has 0 saturated heterocycles. The molecule has 0 heterocycles. The number of hydrogen-bond acceptors (Lipinski definition) is 1. The first-order valence-electron chi connectivity index (χ1n) is 6.44. The molecule has 0 amide bonds. The maximum Gasteiger partial charge on any atom is 0.127 e. The van der Waals surface area contributed by atoms with Gasteiger partial charge in [-0.15, -0.1) is 0 Å². The van der Waals surface area contributed by atoms with Crippen LogP contribution in [0.1, 0.15) is 23.1 Å². The van der Waals surface area contributed by atoms with E-state index in [0.29, 0.717) is 34.0 Å². The third kappa shape index (κ3) is 2.27. The minimum Gasteiger partial charge on any atom is -0.385 e. The number of halogens is 3. The average molecular weight is 339 g/mol. The highest BCUT2D eigenvalue weighted by atomic mass is 79.9. The van der Waals surface area contributed by atoms with Gasteiger partial charge in [0.15, 0.2) is 0 Å². The molecular formula is C16H13BrF2O. The second kappa shape index (κ2) is 4.93. The summed E-state index contributed by atoms with van der Waals surface area (Å²) in [4.78, 5) is 0. The van der Waals surface area contributed by atoms with Gasteiger partial charge in [-0.25, -0.2) is 8.78 Å². The quantitative estimate of drug-likeness (QED) is 0.873. The maximum atomic E-state index is 13.9. The lowest BCUT2D eigenvalue weighted by Gasteiger charge is -2.24. The Morgan fingerprint density at radius 1 is 1.15 bits per heavy atom. The third-order valence-corrected chi connectivity index (χ3v) is 4.40. The van der Waals surface area contributed by atoms with E-state index in [-0.39, 0.29) is 18.1 Å². The van der Waals surface area contributed by atoms with E-state index in [9.17, 15) is 13.9 Å². The van der Waals surface area contributed by atoms with E-state index in [0.717, 1.165) is 0 Å². The fourth-order valence-corrected chi connectivity index (χ4v) is 3.21. The number of hydrogen-bond donors (Lipinski definition) is 1. The van der Waals surface area contributed by atoms with Crippen molar-refractivity contribution in [1.82, 2.24) is 0 Å². The van der Waals surface area contributed by atoms with E-state index < -0.39 is 5.60 Å². The summed E-state index contributed by atoms with van der Waals surface area (Å²) < 4.78 is 28.3. The summed E-state index contributed by atoms with van der Waals surface area (Å²) in [5.41, 5.74) is 0.381. The zero-order valence-electron chi connectivity index (χ0n) is 10.7. The summed E-state index contributed by atoms with van der Waals surface area (Å²) in [5, 5.41) is 10.8. The lowest BCUT2D eigenvalue weighted by molar-refractivity contribution is 0.0381. The average Bonchev–Trinajstić information content (AvgIpc) is 2.73. The normalized spacial score (nSPS) is 21.0. The van der Waals surface area contributed by atoms with Crippen molar-refractivity contribution in [3.63, 3.8) is 0 Å². The molecule has 0 aromatic heterocycles. The molecule has 0 spiro atoms. The Hall–Kier alpha value is -1.26. The largest absolute Gasteiger partial charge is 0.385 e. The van der Waals surface area contributed by atoms with Gasteiger partial charge in [-0.05, 0) is 47.7 Å². The first-order valence-corrected chi connectivity index (χ1v) is 7.23. The SMILES string of the molecule is OC1(Cc2ccc(Br)cc2F)CCc2c(F)cccc21. The van der Waals surface area contributed by atoms with Crippen LogP contribution in [0.4, 0.5) is 8.78 Å². The summed E-state index contributed by atoms with van der Waals surface area (Å²) in [7, 11) is 0. The number of rotatable bonds is 2. The van der Waals surface area contributed by atoms with Gasteiger partial charge >= 0.3 is 0 Å². The van der Waals surface area contributed by atoms with Crippen LogP contribution in [0, 0.1) is 11.6 Å². The predicted octanol–water partition coefficient (Wildman–Crippen LogP) is 4.10. The Labute approximate surface area is 124 Å². The van der Waals surface area contributed by atoms with Gasteiger partial charge in [-0.1, -0.05) is 34.1 Å². The van der Waals surface area contributed by atoms with Crippen LogP contribution in [-0.4, -0.2) is 5.11 Å². The van der Waals surface area contributed by atoms with Gasteiger partial charge < -0.3 is 5.11 Å². The maximum absolute atomic E-state index is 13.9. The van der Waals surface area contributed by atoms with Crippen molar-refractivity contribution in [3.05, 3.63) is 69.2 Å². The smallest absolute Gasteiger partial charge is 0.127 e. The number of fused-ring (bicyclic) bond motifs is 1. The molecule has 0 aliphatic heterocycles. The van der Waals surface area contributed by atoms with Gasteiger partial charge in [0, 0.05) is 10.9 Å². The molecule has 20 heavy (non-hydrogen) atoms. The third-order valence-electron chi connectivity index (χ3n) is 3.91. The molecule has 1 unspecified atom stereocenters. The molecule has 4 heteroatoms. The summed E-state index contributed by atoms with van der Waals surface area (Å²) in [6.45, 7) is 0. The molecule has 1 atom stereocenters. The van der Waals surface area contributed by atoms with Crippen molar-refractivity contribution in [1.29, 1.82) is 0 Å². The lowest BCUT2D eigenvalue weighted by atomic mass is 9.88. The highest BCUT2D eigenvalue weighted by Crippen LogP contribution is 2.40. The number of aliphatic hydroxyl groups is 1. The molecule has 1 aliphatic carbocycles. The van der Waals surface area contributed by atoms with E-state index >= 15 is 0 Å². The molecule has 104 valence electrons. The van der Waals surface area contributed by atoms with Gasteiger partial charge in [0.1, 0.15) is 11.6 Å². The first kappa shape index (κ1) is 13.7. The van der Waals surface area contributed by atoms with Crippen LogP contribution in [0.2, 0.25) is 0 Å². The van der Waals surface area contributed by atoms with Crippen LogP contribution in [0.5, 0.6) is 0 Å². The molecule has 1 nitrogen and oxygen atoms in total. The first-order chi connectivity index (χ1) is 9.49. The Kier molecular flexibility index (Phi) is 3.38. The molecule has 2 aromatic carbocycles. The Morgan fingerprint density at radius 3 is 2.70 bits per heavy atom. The zero-order chi connectivity index (χ0) is 14.3. The van der Waals surface area contributed by atoms with E-state index in [1.54, 1.807) is 24.3 Å². The fraction of sp³-hybridized carbons (Fsp3) is 0.250. The highest BCUT2D eigenvalue weighted by molar-refractivity contribution is 9.10. The van der Waals surface area contributed by atoms with E-state index in [1.165, 1.54) is 12.1 Å². The van der Waals surface area contributed by atoms with Crippen molar-refractivity contribution < 1.29 is 13.9 Å². The summed E-state index contributed by atoms with van der Waals surface area (Å²) in [6, 6.07) is 9.47. The van der Waals surface area contributed by atoms with Crippen LogP contribution in [0.15, 0.2) is 40.9 Å². The molecule has 2 aromatic rings. The van der Waals surface area contributed by atoms with Crippen LogP contribution in [0.3, 0.4) is 0 Å². The zero-order valence-corrected chi connectivity index (χ0v) is 12.3. The van der Waals surface area contributed by atoms with Gasteiger partial charge in [0.2, 0.25) is 0 Å². The lowest BCUT2D eigenvalue weighted by Crippen LogP contribution is -2.26. The molecule has 0 fully saturated rings. The van der Waals surface area contributed by atoms with Gasteiger partial charge in [-0.3, -0.25) is 0 Å².